The first-order chi connectivity index (χ1) is 43.9. The molecule has 2 N–H and O–H groups in total. The number of aromatic amines is 2. The van der Waals surface area contributed by atoms with E-state index in [0.717, 1.165) is 124 Å². The molecule has 0 amide bonds. The van der Waals surface area contributed by atoms with Crippen LogP contribution in [0.15, 0.2) is 109 Å². The van der Waals surface area contributed by atoms with Gasteiger partial charge in [-0.05, 0) is 199 Å². The lowest BCUT2D eigenvalue weighted by Crippen LogP contribution is -2.44. The molecule has 0 aliphatic carbocycles. The lowest BCUT2D eigenvalue weighted by molar-refractivity contribution is 0.477. The molecule has 4 aromatic carbocycles. The number of benzene rings is 4. The van der Waals surface area contributed by atoms with Crippen LogP contribution in [0.3, 0.4) is 0 Å². The Hall–Kier alpha value is -6.42. The standard InChI is InChI=1S/C80H114N4O6Si6/c1-75(2,3)91(19,20)85-62-39-34-40-63(86-92(21,22)76(4,5)6)72(62)69-56-47-45-54(81-56)68(53-37-32-31-33-38-53)55-46-48-57(82-55)70(73-64(87-93(23,24)77(7,8)9)41-35-42-65(73)88-94(25,26)78(10,11)12)59-50-52-61(84-59)71(60-51-49-58(69)83-60)74-66(89-95(27,28)79(13,14)15)43-36-44-67(74)90-96(29,30)80(16,17)18/h31-52,81,84H,1-30H3. The molecule has 16 heteroatoms. The van der Waals surface area contributed by atoms with E-state index in [1.165, 1.54) is 0 Å². The number of nitrogens with zero attached hydrogens (tertiary/aromatic N) is 2. The van der Waals surface area contributed by atoms with Gasteiger partial charge < -0.3 is 36.5 Å². The smallest absolute Gasteiger partial charge is 0.250 e. The van der Waals surface area contributed by atoms with Crippen LogP contribution in [-0.2, 0) is 0 Å². The van der Waals surface area contributed by atoms with Gasteiger partial charge in [-0.25, -0.2) is 9.97 Å². The highest BCUT2D eigenvalue weighted by Gasteiger charge is 2.46. The van der Waals surface area contributed by atoms with Crippen molar-refractivity contribution in [1.82, 2.24) is 19.9 Å². The number of nitrogens with one attached hydrogen (secondary N) is 2. The van der Waals surface area contributed by atoms with Crippen molar-refractivity contribution in [2.45, 2.75) is 233 Å². The van der Waals surface area contributed by atoms with Gasteiger partial charge in [0, 0.05) is 44.3 Å². The SMILES string of the molecule is CC(C)(C)[Si](C)(C)Oc1cccc(O[Si](C)(C)C(C)(C)C)c1-c1c2nc(c(-c3c(O[Si](C)(C)C(C)(C)C)cccc3O[Si](C)(C)C(C)(C)C)c3ccc([nH]3)c(-c3c(O[Si](C)(C)C(C)(C)C)cccc3O[Si](C)(C)C(C)(C)C)c3nc(c(-c4ccccc4)c4ccc1[nH]4)C=C3)C=C2. The Kier molecular flexibility index (Phi) is 19.5. The summed E-state index contributed by atoms with van der Waals surface area (Å²) in [5.74, 6) is 4.51. The minimum absolute atomic E-state index is 0.124. The maximum absolute atomic E-state index is 7.68. The third-order valence-corrected chi connectivity index (χ3v) is 48.6. The molecule has 0 radical (unpaired) electrons. The van der Waals surface area contributed by atoms with Crippen LogP contribution >= 0.6 is 0 Å². The van der Waals surface area contributed by atoms with Gasteiger partial charge in [-0.3, -0.25) is 0 Å². The van der Waals surface area contributed by atoms with Crippen LogP contribution < -0.4 is 26.6 Å². The van der Waals surface area contributed by atoms with Crippen LogP contribution in [-0.4, -0.2) is 69.8 Å². The minimum atomic E-state index is -2.57. The topological polar surface area (TPSA) is 113 Å². The Morgan fingerprint density at radius 3 is 0.646 bits per heavy atom. The Bertz CT molecular complexity index is 4080. The van der Waals surface area contributed by atoms with E-state index in [1.807, 2.05) is 0 Å². The molecule has 3 aromatic heterocycles. The van der Waals surface area contributed by atoms with Crippen molar-refractivity contribution >= 4 is 96.3 Å². The quantitative estimate of drug-likeness (QED) is 0.0920. The van der Waals surface area contributed by atoms with E-state index in [0.29, 0.717) is 0 Å². The first kappa shape index (κ1) is 73.8. The fourth-order valence-electron chi connectivity index (χ4n) is 10.3. The average Bonchev–Trinajstić information content (AvgIpc) is 1.42. The Morgan fingerprint density at radius 1 is 0.240 bits per heavy atom. The van der Waals surface area contributed by atoms with Crippen molar-refractivity contribution in [1.29, 1.82) is 0 Å². The van der Waals surface area contributed by atoms with Crippen LogP contribution in [0.4, 0.5) is 0 Å². The van der Waals surface area contributed by atoms with Gasteiger partial charge in [0.1, 0.15) is 34.5 Å². The van der Waals surface area contributed by atoms with Crippen molar-refractivity contribution in [3.63, 3.8) is 0 Å². The highest BCUT2D eigenvalue weighted by Crippen LogP contribution is 2.54. The van der Waals surface area contributed by atoms with Gasteiger partial charge >= 0.3 is 0 Å². The van der Waals surface area contributed by atoms with Crippen LogP contribution in [0.1, 0.15) is 147 Å². The molecule has 0 saturated carbocycles. The Morgan fingerprint density at radius 2 is 0.438 bits per heavy atom. The predicted octanol–water partition coefficient (Wildman–Crippen LogP) is 25.6. The second kappa shape index (κ2) is 25.4. The molecule has 9 rings (SSSR count). The zero-order valence-corrected chi connectivity index (χ0v) is 70.0. The van der Waals surface area contributed by atoms with Gasteiger partial charge in [0.15, 0.2) is 0 Å². The molecular weight excluding hydrogens is 1280 g/mol. The fourth-order valence-corrected chi connectivity index (χ4v) is 16.4. The number of hydrogen-bond acceptors (Lipinski definition) is 8. The molecule has 514 valence electrons. The number of aromatic nitrogens is 4. The second-order valence-corrected chi connectivity index (χ2v) is 64.3. The van der Waals surface area contributed by atoms with Gasteiger partial charge in [-0.15, -0.1) is 0 Å². The normalized spacial score (nSPS) is 14.1. The molecule has 2 aliphatic rings. The summed E-state index contributed by atoms with van der Waals surface area (Å²) in [6.45, 7) is 69.2. The van der Waals surface area contributed by atoms with Gasteiger partial charge in [-0.2, -0.15) is 0 Å². The third-order valence-electron chi connectivity index (χ3n) is 22.6. The monoisotopic (exact) mass is 1390 g/mol. The maximum Gasteiger partial charge on any atom is 0.250 e. The van der Waals surface area contributed by atoms with Crippen molar-refractivity contribution in [3.8, 4) is 79.0 Å². The van der Waals surface area contributed by atoms with E-state index in [1.54, 1.807) is 0 Å². The van der Waals surface area contributed by atoms with E-state index < -0.39 is 49.9 Å². The molecule has 0 unspecified atom stereocenters. The van der Waals surface area contributed by atoms with Gasteiger partial charge in [0.25, 0.3) is 49.9 Å². The summed E-state index contributed by atoms with van der Waals surface area (Å²) in [6, 6.07) is 38.5. The van der Waals surface area contributed by atoms with Gasteiger partial charge in [0.2, 0.25) is 0 Å². The minimum Gasteiger partial charge on any atom is -0.543 e. The van der Waals surface area contributed by atoms with Crippen molar-refractivity contribution in [2.75, 3.05) is 0 Å². The molecule has 0 atom stereocenters. The van der Waals surface area contributed by atoms with Crippen LogP contribution in [0.5, 0.6) is 34.5 Å². The number of hydrogen-bond donors (Lipinski definition) is 2. The Balaban J connectivity index is 1.60. The highest BCUT2D eigenvalue weighted by molar-refractivity contribution is 6.77. The maximum atomic E-state index is 7.68. The largest absolute Gasteiger partial charge is 0.543 e. The average molecular weight is 1400 g/mol. The first-order valence-electron chi connectivity index (χ1n) is 34.6. The molecule has 0 spiro atoms. The third kappa shape index (κ3) is 14.7. The molecule has 0 saturated heterocycles. The van der Waals surface area contributed by atoms with Crippen LogP contribution in [0.2, 0.25) is 109 Å². The predicted molar refractivity (Wildman–Crippen MR) is 428 cm³/mol. The molecule has 0 fully saturated rings. The van der Waals surface area contributed by atoms with Gasteiger partial charge in [0.05, 0.1) is 39.5 Å². The van der Waals surface area contributed by atoms with E-state index in [-0.39, 0.29) is 30.2 Å². The molecule has 8 bridgehead atoms. The summed E-state index contributed by atoms with van der Waals surface area (Å²) in [5, 5.41) is -0.779. The lowest BCUT2D eigenvalue weighted by atomic mass is 10.0. The summed E-state index contributed by atoms with van der Waals surface area (Å²) >= 11 is 0. The van der Waals surface area contributed by atoms with E-state index in [9.17, 15) is 0 Å². The van der Waals surface area contributed by atoms with Crippen molar-refractivity contribution in [2.24, 2.45) is 0 Å². The molecule has 7 aromatic rings. The molecular formula is C80H114N4O6Si6. The summed E-state index contributed by atoms with van der Waals surface area (Å²) in [4.78, 5) is 20.2. The first-order valence-corrected chi connectivity index (χ1v) is 52.1. The summed E-state index contributed by atoms with van der Waals surface area (Å²) in [6.07, 6.45) is 8.71. The second-order valence-electron chi connectivity index (χ2n) is 35.9. The zero-order chi connectivity index (χ0) is 71.3. The molecule has 5 heterocycles. The van der Waals surface area contributed by atoms with Crippen molar-refractivity contribution in [3.05, 3.63) is 132 Å². The fraction of sp³-hybridized carbons (Fsp3) is 0.450. The molecule has 96 heavy (non-hydrogen) atoms. The van der Waals surface area contributed by atoms with E-state index >= 15 is 0 Å². The number of fused-ring (bicyclic) bond motifs is 8. The summed E-state index contributed by atoms with van der Waals surface area (Å²) < 4.78 is 45.8. The number of rotatable bonds is 16. The van der Waals surface area contributed by atoms with Crippen molar-refractivity contribution < 1.29 is 26.6 Å². The highest BCUT2D eigenvalue weighted by atomic mass is 28.4. The lowest BCUT2D eigenvalue weighted by Gasteiger charge is -2.39. The molecule has 10 nitrogen and oxygen atoms in total. The van der Waals surface area contributed by atoms with E-state index in [2.05, 4.69) is 347 Å². The van der Waals surface area contributed by atoms with E-state index in [4.69, 9.17) is 36.5 Å². The molecule has 2 aliphatic heterocycles. The number of H-pyrrole nitrogens is 2. The van der Waals surface area contributed by atoms with Gasteiger partial charge in [-0.1, -0.05) is 173 Å². The van der Waals surface area contributed by atoms with Crippen LogP contribution in [0.25, 0.3) is 90.9 Å². The zero-order valence-electron chi connectivity index (χ0n) is 64.0. The summed E-state index contributed by atoms with van der Waals surface area (Å²) in [5.41, 5.74) is 13.4. The Labute approximate surface area is 583 Å². The van der Waals surface area contributed by atoms with Crippen LogP contribution in [0, 0.1) is 0 Å². The summed E-state index contributed by atoms with van der Waals surface area (Å²) in [7, 11) is -15.3.